The van der Waals surface area contributed by atoms with Gasteiger partial charge in [-0.3, -0.25) is 14.4 Å². The lowest BCUT2D eigenvalue weighted by Gasteiger charge is -2.21. The normalized spacial score (nSPS) is 11.7. The Morgan fingerprint density at radius 3 is 1.57 bits per heavy atom. The number of likely N-dealkylation sites (N-methyl/N-ethyl adjacent to an activating group) is 1. The first-order chi connectivity index (χ1) is 16.9. The summed E-state index contributed by atoms with van der Waals surface area (Å²) in [6.07, 6.45) is 0.0887. The Kier molecular flexibility index (Phi) is 22.3. The van der Waals surface area contributed by atoms with Gasteiger partial charge in [-0.05, 0) is 6.92 Å². The number of rotatable bonds is 24. The van der Waals surface area contributed by atoms with E-state index in [0.717, 1.165) is 0 Å². The Morgan fingerprint density at radius 2 is 1.17 bits per heavy atom. The van der Waals surface area contributed by atoms with Gasteiger partial charge in [-0.25, -0.2) is 0 Å². The summed E-state index contributed by atoms with van der Waals surface area (Å²) in [6.45, 7) is 6.58. The van der Waals surface area contributed by atoms with Gasteiger partial charge in [-0.2, -0.15) is 0 Å². The molecular formula is C21H40N4O10. The monoisotopic (exact) mass is 508 g/mol. The predicted octanol–water partition coefficient (Wildman–Crippen LogP) is -1.31. The van der Waals surface area contributed by atoms with Crippen molar-refractivity contribution < 1.29 is 42.8 Å². The smallest absolute Gasteiger partial charge is 0.308 e. The van der Waals surface area contributed by atoms with Crippen molar-refractivity contribution in [1.82, 2.24) is 10.2 Å². The topological polar surface area (TPSA) is 177 Å². The van der Waals surface area contributed by atoms with Crippen LogP contribution in [0.15, 0.2) is 5.18 Å². The first kappa shape index (κ1) is 32.9. The zero-order chi connectivity index (χ0) is 26.2. The van der Waals surface area contributed by atoms with Crippen LogP contribution in [0.1, 0.15) is 13.3 Å². The molecule has 0 saturated carbocycles. The number of carbonyl (C=O) groups excluding carboxylic acids is 3. The molecule has 0 saturated heterocycles. The van der Waals surface area contributed by atoms with Crippen molar-refractivity contribution >= 4 is 17.7 Å². The minimum absolute atomic E-state index is 0.0294. The maximum Gasteiger partial charge on any atom is 0.308 e. The molecule has 0 rings (SSSR count). The average molecular weight is 509 g/mol. The highest BCUT2D eigenvalue weighted by molar-refractivity contribution is 5.87. The van der Waals surface area contributed by atoms with E-state index in [2.05, 4.69) is 10.5 Å². The molecule has 204 valence electrons. The van der Waals surface area contributed by atoms with E-state index in [9.17, 15) is 19.3 Å². The number of amides is 3. The van der Waals surface area contributed by atoms with Crippen LogP contribution in [0.3, 0.4) is 0 Å². The van der Waals surface area contributed by atoms with Crippen LogP contribution in [0.25, 0.3) is 0 Å². The average Bonchev–Trinajstić information content (AvgIpc) is 2.87. The number of carbonyl (C=O) groups is 3. The third kappa shape index (κ3) is 19.9. The molecule has 0 aliphatic rings. The van der Waals surface area contributed by atoms with E-state index in [0.29, 0.717) is 79.2 Å². The first-order valence-electron chi connectivity index (χ1n) is 11.5. The molecule has 3 N–H and O–H groups in total. The maximum absolute atomic E-state index is 11.9. The lowest BCUT2D eigenvalue weighted by molar-refractivity contribution is -0.138. The second kappa shape index (κ2) is 23.7. The summed E-state index contributed by atoms with van der Waals surface area (Å²) < 4.78 is 32.1. The molecule has 14 heteroatoms. The molecule has 0 aromatic carbocycles. The third-order valence-corrected chi connectivity index (χ3v) is 4.50. The van der Waals surface area contributed by atoms with Gasteiger partial charge in [0.2, 0.25) is 11.8 Å². The van der Waals surface area contributed by atoms with Gasteiger partial charge >= 0.3 is 5.91 Å². The Labute approximate surface area is 206 Å². The molecule has 0 aromatic rings. The number of ether oxygens (including phenoxy) is 6. The van der Waals surface area contributed by atoms with Gasteiger partial charge < -0.3 is 44.4 Å². The largest absolute Gasteiger partial charge is 0.379 e. The van der Waals surface area contributed by atoms with Crippen molar-refractivity contribution in [2.75, 3.05) is 99.4 Å². The Bertz CT molecular complexity index is 582. The van der Waals surface area contributed by atoms with Crippen LogP contribution in [-0.4, -0.2) is 128 Å². The van der Waals surface area contributed by atoms with Crippen molar-refractivity contribution in [2.24, 2.45) is 10.9 Å². The molecule has 14 nitrogen and oxygen atoms in total. The summed E-state index contributed by atoms with van der Waals surface area (Å²) in [6, 6.07) is -0.886. The molecule has 0 aromatic heterocycles. The fraction of sp³-hybridized carbons (Fsp3) is 0.857. The minimum atomic E-state index is -0.889. The Balaban J connectivity index is 3.28. The van der Waals surface area contributed by atoms with Crippen molar-refractivity contribution in [3.8, 4) is 0 Å². The van der Waals surface area contributed by atoms with Gasteiger partial charge in [0.25, 0.3) is 0 Å². The van der Waals surface area contributed by atoms with Gasteiger partial charge in [-0.1, -0.05) is 0 Å². The first-order valence-corrected chi connectivity index (χ1v) is 11.5. The molecule has 0 bridgehead atoms. The molecule has 0 spiro atoms. The second-order valence-electron chi connectivity index (χ2n) is 7.09. The van der Waals surface area contributed by atoms with Crippen molar-refractivity contribution in [3.05, 3.63) is 4.91 Å². The van der Waals surface area contributed by atoms with Gasteiger partial charge in [-0.15, -0.1) is 4.91 Å². The quantitative estimate of drug-likeness (QED) is 0.117. The zero-order valence-corrected chi connectivity index (χ0v) is 20.7. The van der Waals surface area contributed by atoms with Crippen LogP contribution >= 0.6 is 0 Å². The molecule has 0 aliphatic carbocycles. The van der Waals surface area contributed by atoms with E-state index in [1.165, 1.54) is 18.9 Å². The molecule has 0 heterocycles. The van der Waals surface area contributed by atoms with Gasteiger partial charge in [0.1, 0.15) is 6.04 Å². The fourth-order valence-electron chi connectivity index (χ4n) is 2.33. The fourth-order valence-corrected chi connectivity index (χ4v) is 2.33. The SMILES string of the molecule is C[C@@H](C(=O)N=O)N(C)C(=O)CCOCCOCCOCCOCCOCCOCCNC(=O)CN. The van der Waals surface area contributed by atoms with Gasteiger partial charge in [0.05, 0.1) is 92.2 Å². The molecule has 0 radical (unpaired) electrons. The highest BCUT2D eigenvalue weighted by Gasteiger charge is 2.22. The highest BCUT2D eigenvalue weighted by Crippen LogP contribution is 2.01. The Morgan fingerprint density at radius 1 is 0.771 bits per heavy atom. The van der Waals surface area contributed by atoms with Crippen molar-refractivity contribution in [1.29, 1.82) is 0 Å². The predicted molar refractivity (Wildman–Crippen MR) is 125 cm³/mol. The number of nitrogens with one attached hydrogen (secondary N) is 1. The number of nitroso groups, excluding NO2 is 1. The van der Waals surface area contributed by atoms with E-state index in [4.69, 9.17) is 34.2 Å². The summed E-state index contributed by atoms with van der Waals surface area (Å²) in [5.41, 5.74) is 5.16. The molecule has 1 atom stereocenters. The summed E-state index contributed by atoms with van der Waals surface area (Å²) in [4.78, 5) is 45.4. The van der Waals surface area contributed by atoms with Crippen LogP contribution in [0.2, 0.25) is 0 Å². The number of nitrogens with zero attached hydrogens (tertiary/aromatic N) is 2. The second-order valence-corrected chi connectivity index (χ2v) is 7.09. The highest BCUT2D eigenvalue weighted by atomic mass is 16.6. The number of nitrogens with two attached hydrogens (primary N) is 1. The molecule has 0 unspecified atom stereocenters. The van der Waals surface area contributed by atoms with E-state index in [-0.39, 0.29) is 31.4 Å². The summed E-state index contributed by atoms with van der Waals surface area (Å²) in [7, 11) is 1.44. The van der Waals surface area contributed by atoms with E-state index in [1.54, 1.807) is 0 Å². The molecule has 0 aliphatic heterocycles. The van der Waals surface area contributed by atoms with Gasteiger partial charge in [0, 0.05) is 18.8 Å². The van der Waals surface area contributed by atoms with Crippen molar-refractivity contribution in [2.45, 2.75) is 19.4 Å². The zero-order valence-electron chi connectivity index (χ0n) is 20.7. The van der Waals surface area contributed by atoms with Crippen LogP contribution < -0.4 is 11.1 Å². The van der Waals surface area contributed by atoms with E-state index in [1.807, 2.05) is 0 Å². The lowest BCUT2D eigenvalue weighted by atomic mass is 10.2. The minimum Gasteiger partial charge on any atom is -0.379 e. The number of hydrogen-bond donors (Lipinski definition) is 2. The van der Waals surface area contributed by atoms with Crippen LogP contribution in [0, 0.1) is 4.91 Å². The van der Waals surface area contributed by atoms with Crippen molar-refractivity contribution in [3.63, 3.8) is 0 Å². The summed E-state index contributed by atoms with van der Waals surface area (Å²) >= 11 is 0. The van der Waals surface area contributed by atoms with E-state index < -0.39 is 11.9 Å². The standard InChI is InChI=1S/C21H40N4O10/c1-18(21(28)24-29)25(2)20(27)3-5-30-7-9-32-11-13-34-15-16-35-14-12-33-10-8-31-6-4-23-19(26)17-22/h18H,3-17,22H2,1-2H3,(H,23,26)/t18-/m0/s1. The van der Waals surface area contributed by atoms with Crippen LogP contribution in [0.5, 0.6) is 0 Å². The lowest BCUT2D eigenvalue weighted by Crippen LogP contribution is -2.40. The molecule has 0 fully saturated rings. The van der Waals surface area contributed by atoms with Crippen LogP contribution in [0.4, 0.5) is 0 Å². The van der Waals surface area contributed by atoms with Crippen LogP contribution in [-0.2, 0) is 42.8 Å². The molecule has 3 amide bonds. The third-order valence-electron chi connectivity index (χ3n) is 4.50. The Hall–Kier alpha value is -2.07. The molecular weight excluding hydrogens is 468 g/mol. The summed E-state index contributed by atoms with van der Waals surface area (Å²) in [5.74, 6) is -1.41. The van der Waals surface area contributed by atoms with Gasteiger partial charge in [0.15, 0.2) is 0 Å². The molecule has 35 heavy (non-hydrogen) atoms. The summed E-state index contributed by atoms with van der Waals surface area (Å²) in [5, 5.41) is 4.92. The maximum atomic E-state index is 11.9. The number of hydrogen-bond acceptors (Lipinski definition) is 11. The van der Waals surface area contributed by atoms with E-state index >= 15 is 0 Å².